The van der Waals surface area contributed by atoms with E-state index >= 15 is 0 Å². The number of rotatable bonds is 5. The lowest BCUT2D eigenvalue weighted by Gasteiger charge is -2.18. The number of hydrogen-bond acceptors (Lipinski definition) is 3. The Hall–Kier alpha value is -2.11. The maximum atomic E-state index is 12.5. The van der Waals surface area contributed by atoms with Crippen molar-refractivity contribution >= 4 is 17.5 Å². The number of amides is 2. The molecule has 0 spiro atoms. The smallest absolute Gasteiger partial charge is 0.274 e. The fraction of sp³-hybridized carbons (Fsp3) is 0.611. The number of hydrogen-bond donors (Lipinski definition) is 2. The number of nitrogens with zero attached hydrogens (tertiary/aromatic N) is 1. The minimum atomic E-state index is -0.340. The molecule has 2 amide bonds. The Balaban J connectivity index is 2.07. The highest BCUT2D eigenvalue weighted by atomic mass is 16.2. The van der Waals surface area contributed by atoms with Crippen molar-refractivity contribution in [3.63, 3.8) is 0 Å². The molecule has 0 aromatic carbocycles. The van der Waals surface area contributed by atoms with Gasteiger partial charge in [-0.1, -0.05) is 32.6 Å². The lowest BCUT2D eigenvalue weighted by atomic mass is 10.1. The average molecular weight is 333 g/mol. The highest BCUT2D eigenvalue weighted by Gasteiger charge is 2.16. The molecule has 1 aliphatic rings. The molecule has 132 valence electrons. The second kappa shape index (κ2) is 8.66. The van der Waals surface area contributed by atoms with Gasteiger partial charge in [-0.15, -0.1) is 0 Å². The van der Waals surface area contributed by atoms with Crippen LogP contribution in [0, 0.1) is 6.92 Å². The Morgan fingerprint density at radius 1 is 1.12 bits per heavy atom. The molecule has 6 nitrogen and oxygen atoms in total. The van der Waals surface area contributed by atoms with E-state index in [4.69, 9.17) is 0 Å². The van der Waals surface area contributed by atoms with Gasteiger partial charge in [-0.3, -0.25) is 14.4 Å². The van der Waals surface area contributed by atoms with Crippen molar-refractivity contribution in [1.29, 1.82) is 0 Å². The first-order valence-corrected chi connectivity index (χ1v) is 8.81. The Morgan fingerprint density at radius 3 is 2.42 bits per heavy atom. The lowest BCUT2D eigenvalue weighted by molar-refractivity contribution is -0.122. The fourth-order valence-corrected chi connectivity index (χ4v) is 3.04. The molecule has 1 aromatic rings. The first-order chi connectivity index (χ1) is 11.5. The van der Waals surface area contributed by atoms with Crippen molar-refractivity contribution in [1.82, 2.24) is 9.88 Å². The molecule has 0 aliphatic heterocycles. The van der Waals surface area contributed by atoms with Crippen molar-refractivity contribution in [2.75, 3.05) is 5.32 Å². The highest BCUT2D eigenvalue weighted by molar-refractivity contribution is 5.90. The average Bonchev–Trinajstić information content (AvgIpc) is 2.82. The summed E-state index contributed by atoms with van der Waals surface area (Å²) in [4.78, 5) is 36.3. The van der Waals surface area contributed by atoms with Crippen LogP contribution in [0.15, 0.2) is 16.9 Å². The second-order valence-corrected chi connectivity index (χ2v) is 6.44. The summed E-state index contributed by atoms with van der Waals surface area (Å²) in [6, 6.07) is 3.54. The Labute approximate surface area is 142 Å². The third kappa shape index (κ3) is 4.94. The van der Waals surface area contributed by atoms with Crippen LogP contribution in [0.25, 0.3) is 0 Å². The minimum Gasteiger partial charge on any atom is -0.352 e. The maximum absolute atomic E-state index is 12.5. The molecule has 0 unspecified atom stereocenters. The topological polar surface area (TPSA) is 80.2 Å². The van der Waals surface area contributed by atoms with Crippen LogP contribution in [-0.4, -0.2) is 22.4 Å². The normalized spacial score (nSPS) is 15.6. The van der Waals surface area contributed by atoms with Crippen molar-refractivity contribution in [3.8, 4) is 0 Å². The summed E-state index contributed by atoms with van der Waals surface area (Å²) in [7, 11) is 0. The van der Waals surface area contributed by atoms with E-state index < -0.39 is 0 Å². The zero-order valence-corrected chi connectivity index (χ0v) is 14.6. The summed E-state index contributed by atoms with van der Waals surface area (Å²) in [6.07, 6.45) is 7.05. The van der Waals surface area contributed by atoms with Crippen LogP contribution >= 0.6 is 0 Å². The van der Waals surface area contributed by atoms with Crippen molar-refractivity contribution < 1.29 is 9.59 Å². The van der Waals surface area contributed by atoms with Crippen LogP contribution < -0.4 is 16.2 Å². The van der Waals surface area contributed by atoms with E-state index in [9.17, 15) is 14.4 Å². The standard InChI is InChI=1S/C18H27N3O3/c1-3-16(22)20-15-11-10-13(2)21(18(15)24)12-17(23)19-14-8-6-4-5-7-9-14/h10-11,14H,3-9,12H2,1-2H3,(H,19,23)(H,20,22). The fourth-order valence-electron chi connectivity index (χ4n) is 3.04. The molecule has 2 N–H and O–H groups in total. The molecule has 0 atom stereocenters. The van der Waals surface area contributed by atoms with Gasteiger partial charge < -0.3 is 15.2 Å². The van der Waals surface area contributed by atoms with Gasteiger partial charge >= 0.3 is 0 Å². The van der Waals surface area contributed by atoms with Gasteiger partial charge in [0.15, 0.2) is 0 Å². The van der Waals surface area contributed by atoms with Gasteiger partial charge in [0.05, 0.1) is 0 Å². The molecule has 6 heteroatoms. The molecule has 1 saturated carbocycles. The summed E-state index contributed by atoms with van der Waals surface area (Å²) in [6.45, 7) is 3.49. The monoisotopic (exact) mass is 333 g/mol. The quantitative estimate of drug-likeness (QED) is 0.812. The minimum absolute atomic E-state index is 0.0169. The predicted octanol–water partition coefficient (Wildman–Crippen LogP) is 2.34. The number of aryl methyl sites for hydroxylation is 1. The van der Waals surface area contributed by atoms with Crippen LogP contribution in [0.2, 0.25) is 0 Å². The molecule has 1 heterocycles. The Kier molecular flexibility index (Phi) is 6.58. The molecule has 1 aliphatic carbocycles. The molecular formula is C18H27N3O3. The van der Waals surface area contributed by atoms with Crippen LogP contribution in [0.5, 0.6) is 0 Å². The van der Waals surface area contributed by atoms with E-state index in [2.05, 4.69) is 10.6 Å². The van der Waals surface area contributed by atoms with Gasteiger partial charge in [0, 0.05) is 18.2 Å². The SMILES string of the molecule is CCC(=O)Nc1ccc(C)n(CC(=O)NC2CCCCCC2)c1=O. The lowest BCUT2D eigenvalue weighted by Crippen LogP contribution is -2.39. The third-order valence-corrected chi connectivity index (χ3v) is 4.51. The number of aromatic nitrogens is 1. The van der Waals surface area contributed by atoms with Gasteiger partial charge in [-0.25, -0.2) is 0 Å². The number of carbonyl (C=O) groups excluding carboxylic acids is 2. The van der Waals surface area contributed by atoms with Crippen LogP contribution in [0.4, 0.5) is 5.69 Å². The molecule has 0 bridgehead atoms. The number of carbonyl (C=O) groups is 2. The van der Waals surface area contributed by atoms with Gasteiger partial charge in [0.25, 0.3) is 5.56 Å². The van der Waals surface area contributed by atoms with E-state index in [-0.39, 0.29) is 35.6 Å². The van der Waals surface area contributed by atoms with E-state index in [0.29, 0.717) is 12.1 Å². The van der Waals surface area contributed by atoms with Crippen LogP contribution in [0.1, 0.15) is 57.6 Å². The summed E-state index contributed by atoms with van der Waals surface area (Å²) in [5.41, 5.74) is 0.577. The first kappa shape index (κ1) is 18.2. The predicted molar refractivity (Wildman–Crippen MR) is 94.0 cm³/mol. The summed E-state index contributed by atoms with van der Waals surface area (Å²) in [5.74, 6) is -0.364. The molecule has 0 radical (unpaired) electrons. The molecule has 1 aromatic heterocycles. The Bertz CT molecular complexity index is 643. The second-order valence-electron chi connectivity index (χ2n) is 6.44. The van der Waals surface area contributed by atoms with Gasteiger partial charge in [0.2, 0.25) is 11.8 Å². The van der Waals surface area contributed by atoms with Crippen molar-refractivity contribution in [2.45, 2.75) is 71.4 Å². The van der Waals surface area contributed by atoms with Gasteiger partial charge in [0.1, 0.15) is 12.2 Å². The zero-order chi connectivity index (χ0) is 17.5. The van der Waals surface area contributed by atoms with E-state index in [1.807, 2.05) is 0 Å². The van der Waals surface area contributed by atoms with E-state index in [0.717, 1.165) is 25.7 Å². The summed E-state index contributed by atoms with van der Waals surface area (Å²) in [5, 5.41) is 5.63. The maximum Gasteiger partial charge on any atom is 0.274 e. The van der Waals surface area contributed by atoms with Crippen LogP contribution in [-0.2, 0) is 16.1 Å². The molecule has 0 saturated heterocycles. The number of pyridine rings is 1. The van der Waals surface area contributed by atoms with Crippen molar-refractivity contribution in [2.24, 2.45) is 0 Å². The molecule has 1 fully saturated rings. The molecular weight excluding hydrogens is 306 g/mol. The number of nitrogens with one attached hydrogen (secondary N) is 2. The molecule has 2 rings (SSSR count). The van der Waals surface area contributed by atoms with E-state index in [1.165, 1.54) is 17.4 Å². The highest BCUT2D eigenvalue weighted by Crippen LogP contribution is 2.17. The van der Waals surface area contributed by atoms with Gasteiger partial charge in [-0.2, -0.15) is 0 Å². The van der Waals surface area contributed by atoms with E-state index in [1.54, 1.807) is 26.0 Å². The molecule has 24 heavy (non-hydrogen) atoms. The largest absolute Gasteiger partial charge is 0.352 e. The zero-order valence-electron chi connectivity index (χ0n) is 14.6. The first-order valence-electron chi connectivity index (χ1n) is 8.81. The third-order valence-electron chi connectivity index (χ3n) is 4.51. The van der Waals surface area contributed by atoms with Crippen molar-refractivity contribution in [3.05, 3.63) is 28.2 Å². The van der Waals surface area contributed by atoms with Crippen LogP contribution in [0.3, 0.4) is 0 Å². The number of anilines is 1. The summed E-state index contributed by atoms with van der Waals surface area (Å²) < 4.78 is 1.41. The summed E-state index contributed by atoms with van der Waals surface area (Å²) >= 11 is 0. The Morgan fingerprint density at radius 2 is 1.79 bits per heavy atom. The van der Waals surface area contributed by atoms with Gasteiger partial charge in [-0.05, 0) is 31.9 Å².